The number of carbonyl (C=O) groups is 1. The van der Waals surface area contributed by atoms with Crippen LogP contribution < -0.4 is 5.32 Å². The minimum absolute atomic E-state index is 0.125. The van der Waals surface area contributed by atoms with Crippen LogP contribution in [0.4, 0.5) is 10.1 Å². The molecular formula is C28H23FN8O. The van der Waals surface area contributed by atoms with Crippen LogP contribution in [0.15, 0.2) is 73.2 Å². The Morgan fingerprint density at radius 2 is 1.95 bits per heavy atom. The molecule has 0 radical (unpaired) electrons. The predicted molar refractivity (Wildman–Crippen MR) is 145 cm³/mol. The number of rotatable bonds is 6. The molecule has 1 aromatic carbocycles. The molecule has 6 aromatic rings. The Kier molecular flexibility index (Phi) is 5.85. The first-order valence-corrected chi connectivity index (χ1v) is 11.9. The second-order valence-electron chi connectivity index (χ2n) is 9.23. The number of H-pyrrole nitrogens is 2. The molecule has 0 spiro atoms. The van der Waals surface area contributed by atoms with Crippen molar-refractivity contribution in [3.8, 4) is 33.8 Å². The molecule has 3 N–H and O–H groups in total. The van der Waals surface area contributed by atoms with Gasteiger partial charge in [0, 0.05) is 23.3 Å². The highest BCUT2D eigenvalue weighted by atomic mass is 19.1. The number of pyridine rings is 3. The SMILES string of the molecule is CN(C)CC(=O)Nc1cncc(-c2ccc3[nH]nc(-c4cc5c(-c6cccc(F)c6)ccnc5[nH]4)c3n2)c1. The Balaban J connectivity index is 1.38. The number of fused-ring (bicyclic) bond motifs is 2. The quantitative estimate of drug-likeness (QED) is 0.297. The molecule has 6 rings (SSSR count). The molecule has 0 aliphatic rings. The van der Waals surface area contributed by atoms with Gasteiger partial charge in [-0.25, -0.2) is 14.4 Å². The Morgan fingerprint density at radius 1 is 1.05 bits per heavy atom. The first kappa shape index (κ1) is 23.4. The van der Waals surface area contributed by atoms with Crippen LogP contribution in [0.25, 0.3) is 55.8 Å². The van der Waals surface area contributed by atoms with Crippen LogP contribution in [0.2, 0.25) is 0 Å². The van der Waals surface area contributed by atoms with E-state index in [4.69, 9.17) is 4.98 Å². The van der Waals surface area contributed by atoms with Gasteiger partial charge in [-0.15, -0.1) is 0 Å². The molecular weight excluding hydrogens is 483 g/mol. The predicted octanol–water partition coefficient (Wildman–Crippen LogP) is 4.87. The average molecular weight is 507 g/mol. The van der Waals surface area contributed by atoms with Crippen LogP contribution in [0.1, 0.15) is 0 Å². The van der Waals surface area contributed by atoms with E-state index >= 15 is 0 Å². The fourth-order valence-corrected chi connectivity index (χ4v) is 4.45. The van der Waals surface area contributed by atoms with E-state index in [1.165, 1.54) is 12.1 Å². The summed E-state index contributed by atoms with van der Waals surface area (Å²) < 4.78 is 13.9. The number of benzene rings is 1. The van der Waals surface area contributed by atoms with Gasteiger partial charge in [-0.1, -0.05) is 12.1 Å². The van der Waals surface area contributed by atoms with Crippen LogP contribution in [0.5, 0.6) is 0 Å². The van der Waals surface area contributed by atoms with E-state index in [1.807, 2.05) is 50.5 Å². The first-order valence-electron chi connectivity index (χ1n) is 11.9. The molecule has 5 heterocycles. The van der Waals surface area contributed by atoms with Crippen LogP contribution in [-0.2, 0) is 4.79 Å². The number of aromatic nitrogens is 6. The van der Waals surface area contributed by atoms with Crippen molar-refractivity contribution in [3.63, 3.8) is 0 Å². The number of nitrogens with zero attached hydrogens (tertiary/aromatic N) is 5. The van der Waals surface area contributed by atoms with Crippen LogP contribution >= 0.6 is 0 Å². The van der Waals surface area contributed by atoms with Crippen molar-refractivity contribution in [1.82, 2.24) is 35.0 Å². The Labute approximate surface area is 216 Å². The zero-order valence-corrected chi connectivity index (χ0v) is 20.7. The zero-order chi connectivity index (χ0) is 26.2. The highest BCUT2D eigenvalue weighted by Crippen LogP contribution is 2.33. The Hall–Kier alpha value is -4.96. The van der Waals surface area contributed by atoms with E-state index in [-0.39, 0.29) is 18.3 Å². The van der Waals surface area contributed by atoms with Gasteiger partial charge in [0.15, 0.2) is 0 Å². The number of halogens is 1. The fraction of sp³-hybridized carbons (Fsp3) is 0.107. The molecule has 5 aromatic heterocycles. The Bertz CT molecular complexity index is 1810. The lowest BCUT2D eigenvalue weighted by Gasteiger charge is -2.10. The van der Waals surface area contributed by atoms with Crippen molar-refractivity contribution in [1.29, 1.82) is 0 Å². The summed E-state index contributed by atoms with van der Waals surface area (Å²) in [4.78, 5) is 30.9. The maximum atomic E-state index is 13.9. The van der Waals surface area contributed by atoms with Gasteiger partial charge in [-0.3, -0.25) is 14.9 Å². The molecule has 10 heteroatoms. The van der Waals surface area contributed by atoms with E-state index in [9.17, 15) is 9.18 Å². The van der Waals surface area contributed by atoms with Crippen LogP contribution in [0.3, 0.4) is 0 Å². The van der Waals surface area contributed by atoms with Gasteiger partial charge in [-0.2, -0.15) is 5.10 Å². The van der Waals surface area contributed by atoms with Gasteiger partial charge in [-0.05, 0) is 67.7 Å². The third kappa shape index (κ3) is 4.48. The van der Waals surface area contributed by atoms with Gasteiger partial charge in [0.1, 0.15) is 22.7 Å². The lowest BCUT2D eigenvalue weighted by Crippen LogP contribution is -2.27. The van der Waals surface area contributed by atoms with E-state index in [0.29, 0.717) is 28.2 Å². The topological polar surface area (TPSA) is 115 Å². The van der Waals surface area contributed by atoms with E-state index in [0.717, 1.165) is 33.3 Å². The highest BCUT2D eigenvalue weighted by molar-refractivity contribution is 5.99. The maximum absolute atomic E-state index is 13.9. The molecule has 0 bridgehead atoms. The van der Waals surface area contributed by atoms with Crippen LogP contribution in [-0.4, -0.2) is 61.6 Å². The lowest BCUT2D eigenvalue weighted by atomic mass is 10.0. The molecule has 38 heavy (non-hydrogen) atoms. The summed E-state index contributed by atoms with van der Waals surface area (Å²) in [6.07, 6.45) is 5.00. The average Bonchev–Trinajstić information content (AvgIpc) is 3.52. The second-order valence-corrected chi connectivity index (χ2v) is 9.23. The van der Waals surface area contributed by atoms with Crippen molar-refractivity contribution in [2.45, 2.75) is 0 Å². The van der Waals surface area contributed by atoms with E-state index in [1.54, 1.807) is 29.6 Å². The van der Waals surface area contributed by atoms with Crippen molar-refractivity contribution < 1.29 is 9.18 Å². The van der Waals surface area contributed by atoms with Crippen molar-refractivity contribution in [2.75, 3.05) is 26.0 Å². The third-order valence-electron chi connectivity index (χ3n) is 6.11. The maximum Gasteiger partial charge on any atom is 0.238 e. The summed E-state index contributed by atoms with van der Waals surface area (Å²) in [5.41, 5.74) is 7.13. The summed E-state index contributed by atoms with van der Waals surface area (Å²) in [5, 5.41) is 11.3. The molecule has 0 fully saturated rings. The molecule has 0 aliphatic heterocycles. The van der Waals surface area contributed by atoms with Crippen LogP contribution in [0, 0.1) is 5.82 Å². The number of hydrogen-bond donors (Lipinski definition) is 3. The first-order chi connectivity index (χ1) is 18.4. The minimum Gasteiger partial charge on any atom is -0.338 e. The summed E-state index contributed by atoms with van der Waals surface area (Å²) in [7, 11) is 3.67. The zero-order valence-electron chi connectivity index (χ0n) is 20.7. The normalized spacial score (nSPS) is 11.5. The van der Waals surface area contributed by atoms with Crippen molar-refractivity contribution >= 4 is 33.7 Å². The number of likely N-dealkylation sites (N-methyl/N-ethyl adjacent to an activating group) is 1. The summed E-state index contributed by atoms with van der Waals surface area (Å²) in [5.74, 6) is -0.423. The fourth-order valence-electron chi connectivity index (χ4n) is 4.45. The second kappa shape index (κ2) is 9.49. The minimum atomic E-state index is -0.297. The van der Waals surface area contributed by atoms with Crippen molar-refractivity contribution in [3.05, 3.63) is 79.0 Å². The summed E-state index contributed by atoms with van der Waals surface area (Å²) in [6, 6.07) is 15.9. The van der Waals surface area contributed by atoms with Gasteiger partial charge in [0.05, 0.1) is 35.3 Å². The number of nitrogens with one attached hydrogen (secondary N) is 3. The number of aromatic amines is 2. The summed E-state index contributed by atoms with van der Waals surface area (Å²) in [6.45, 7) is 0.271. The molecule has 9 nitrogen and oxygen atoms in total. The monoisotopic (exact) mass is 506 g/mol. The Morgan fingerprint density at radius 3 is 2.79 bits per heavy atom. The smallest absolute Gasteiger partial charge is 0.238 e. The standard InChI is InChI=1S/C28H23FN8O/c1-37(2)15-25(38)32-19-11-17(13-30-14-19)22-6-7-23-26(33-22)27(36-35-23)24-12-21-20(8-9-31-28(21)34-24)16-4-3-5-18(29)10-16/h3-14H,15H2,1-2H3,(H,31,34)(H,32,38)(H,35,36). The molecule has 0 atom stereocenters. The molecule has 188 valence electrons. The molecule has 0 unspecified atom stereocenters. The van der Waals surface area contributed by atoms with E-state index in [2.05, 4.69) is 30.5 Å². The number of hydrogen-bond acceptors (Lipinski definition) is 6. The number of anilines is 1. The van der Waals surface area contributed by atoms with E-state index < -0.39 is 0 Å². The largest absolute Gasteiger partial charge is 0.338 e. The molecule has 0 saturated heterocycles. The van der Waals surface area contributed by atoms with Crippen molar-refractivity contribution in [2.24, 2.45) is 0 Å². The lowest BCUT2D eigenvalue weighted by molar-refractivity contribution is -0.116. The van der Waals surface area contributed by atoms with Gasteiger partial charge in [0.25, 0.3) is 0 Å². The highest BCUT2D eigenvalue weighted by Gasteiger charge is 2.16. The molecule has 0 aliphatic carbocycles. The van der Waals surface area contributed by atoms with Gasteiger partial charge < -0.3 is 15.2 Å². The van der Waals surface area contributed by atoms with Gasteiger partial charge in [0.2, 0.25) is 5.91 Å². The molecule has 1 amide bonds. The summed E-state index contributed by atoms with van der Waals surface area (Å²) >= 11 is 0. The number of carbonyl (C=O) groups excluding carboxylic acids is 1. The van der Waals surface area contributed by atoms with Gasteiger partial charge >= 0.3 is 0 Å². The molecule has 0 saturated carbocycles. The third-order valence-corrected chi connectivity index (χ3v) is 6.11. The number of amides is 1.